The number of anilines is 1. The lowest BCUT2D eigenvalue weighted by atomic mass is 9.77. The van der Waals surface area contributed by atoms with E-state index in [1.54, 1.807) is 63.2 Å². The van der Waals surface area contributed by atoms with Gasteiger partial charge in [0.2, 0.25) is 5.69 Å². The number of quaternary nitrogens is 3. The summed E-state index contributed by atoms with van der Waals surface area (Å²) in [5, 5.41) is 9.10. The average molecular weight is 1140 g/mol. The van der Waals surface area contributed by atoms with Crippen LogP contribution in [-0.4, -0.2) is 157 Å². The van der Waals surface area contributed by atoms with Crippen LogP contribution in [0.4, 0.5) is 11.4 Å². The van der Waals surface area contributed by atoms with Gasteiger partial charge in [-0.2, -0.15) is 4.58 Å². The van der Waals surface area contributed by atoms with Gasteiger partial charge in [0.15, 0.2) is 5.71 Å². The normalized spacial score (nSPS) is 16.9. The Labute approximate surface area is 450 Å². The highest BCUT2D eigenvalue weighted by atomic mass is 32.2. The number of nitrogens with one attached hydrogen (secondary N) is 3. The molecule has 2 heterocycles. The minimum atomic E-state index is -4.90. The van der Waals surface area contributed by atoms with Gasteiger partial charge >= 0.3 is 5.97 Å². The summed E-state index contributed by atoms with van der Waals surface area (Å²) in [4.78, 5) is 16.9. The molecule has 2 aliphatic rings. The quantitative estimate of drug-likeness (QED) is 0.0569. The predicted octanol–water partition coefficient (Wildman–Crippen LogP) is 2.79. The molecule has 75 heavy (non-hydrogen) atoms. The molecule has 430 valence electrons. The fraction of sp³-hybridized carbons (Fsp3) is 0.654. The number of rotatable bonds is 27. The highest BCUT2D eigenvalue weighted by molar-refractivity contribution is 7.86. The fourth-order valence-corrected chi connectivity index (χ4v) is 11.4. The molecule has 0 fully saturated rings. The lowest BCUT2D eigenvalue weighted by molar-refractivity contribution is -0.894. The highest BCUT2D eigenvalue weighted by Crippen LogP contribution is 2.51. The van der Waals surface area contributed by atoms with Crippen molar-refractivity contribution in [1.82, 2.24) is 0 Å². The molecule has 0 saturated heterocycles. The van der Waals surface area contributed by atoms with Crippen molar-refractivity contribution in [2.45, 2.75) is 149 Å². The van der Waals surface area contributed by atoms with Crippen molar-refractivity contribution in [3.63, 3.8) is 0 Å². The van der Waals surface area contributed by atoms with E-state index in [0.29, 0.717) is 59.6 Å². The largest absolute Gasteiger partial charge is 0.748 e. The molecule has 2 aromatic carbocycles. The maximum absolute atomic E-state index is 12.1. The number of carboxylic acids is 1. The molecule has 0 saturated carbocycles. The van der Waals surface area contributed by atoms with Gasteiger partial charge in [0.1, 0.15) is 26.8 Å². The Kier molecular flexibility index (Phi) is 29.3. The van der Waals surface area contributed by atoms with Crippen LogP contribution in [0.5, 0.6) is 0 Å². The minimum Gasteiger partial charge on any atom is -0.748 e. The van der Waals surface area contributed by atoms with E-state index < -0.39 is 78.6 Å². The van der Waals surface area contributed by atoms with E-state index in [1.807, 2.05) is 0 Å². The van der Waals surface area contributed by atoms with Gasteiger partial charge in [-0.25, -0.2) is 33.7 Å². The second kappa shape index (κ2) is 31.7. The molecule has 19 nitrogen and oxygen atoms in total. The number of unbranched alkanes of at least 4 members (excludes halogenated alkanes) is 2. The lowest BCUT2D eigenvalue weighted by Gasteiger charge is -2.31. The molecule has 0 spiro atoms. The molecule has 4 N–H and O–H groups in total. The Balaban J connectivity index is 0.00000112. The third kappa shape index (κ3) is 22.3. The summed E-state index contributed by atoms with van der Waals surface area (Å²) in [5.74, 6) is -2.33. The molecule has 0 aromatic heterocycles. The molecular weight excluding hydrogens is 1050 g/mol. The Morgan fingerprint density at radius 2 is 1.05 bits per heavy atom. The van der Waals surface area contributed by atoms with Gasteiger partial charge < -0.3 is 42.9 Å². The molecule has 1 unspecified atom stereocenters. The van der Waals surface area contributed by atoms with Crippen molar-refractivity contribution in [2.24, 2.45) is 0 Å². The SMILES string of the molecule is CC1(C)C(/C=C/C=C2\N(CCCS(=O)(=O)[O-])c3ccc(S(=O)(=O)[O-])cc3C2(C)CCCCCC(=O)O)=[N+](CCCS(=O)(=O)[O-])c2ccc(S(=O)(=O)[O-])cc21.CC[NH+](CC)CC.CC[NH+](CC)CC.CC[NH+](CC)CC. The van der Waals surface area contributed by atoms with Crippen LogP contribution in [0.2, 0.25) is 0 Å². The van der Waals surface area contributed by atoms with Crippen molar-refractivity contribution in [3.8, 4) is 0 Å². The zero-order chi connectivity index (χ0) is 57.6. The van der Waals surface area contributed by atoms with E-state index in [1.165, 1.54) is 83.2 Å². The second-order valence-electron chi connectivity index (χ2n) is 19.4. The Morgan fingerprint density at radius 1 is 0.613 bits per heavy atom. The number of aliphatic carboxylic acids is 1. The molecule has 2 aromatic rings. The van der Waals surface area contributed by atoms with E-state index >= 15 is 0 Å². The van der Waals surface area contributed by atoms with Gasteiger partial charge in [-0.05, 0) is 144 Å². The lowest BCUT2D eigenvalue weighted by Crippen LogP contribution is -3.11. The van der Waals surface area contributed by atoms with Crippen LogP contribution in [0.15, 0.2) is 70.1 Å². The Morgan fingerprint density at radius 3 is 1.47 bits per heavy atom. The number of allylic oxidation sites excluding steroid dienone is 4. The molecular formula is C52H89N5O14S4. The zero-order valence-electron chi connectivity index (χ0n) is 46.6. The highest BCUT2D eigenvalue weighted by Gasteiger charge is 2.46. The van der Waals surface area contributed by atoms with Crippen LogP contribution in [-0.2, 0) is 56.1 Å². The summed E-state index contributed by atoms with van der Waals surface area (Å²) in [5.41, 5.74) is 0.922. The molecule has 2 aliphatic heterocycles. The first-order valence-corrected chi connectivity index (χ1v) is 32.4. The standard InChI is InChI=1S/C34H44N2O14S4.3C6H15N/c1-33(2)26-22-24(53(45,46)47)13-15-28(26)35(18-8-20-51(39,40)41)30(33)10-7-11-31-34(3,17-6-4-5-12-32(37)38)27-23-25(54(48,49)50)14-16-29(27)36(31)19-9-21-52(42,43)44;3*1-4-7(5-2)6-3/h7,10-11,13-16,22-23H,4-6,8-9,12,17-21H2,1-3H3,(H4-,37,38,39,40,41,42,43,44,45,46,47,48,49,50);3*4-6H2,1-3H3. The van der Waals surface area contributed by atoms with Crippen molar-refractivity contribution < 1.29 is 81.1 Å². The second-order valence-corrected chi connectivity index (χ2v) is 25.2. The van der Waals surface area contributed by atoms with Crippen LogP contribution in [0.3, 0.4) is 0 Å². The van der Waals surface area contributed by atoms with Crippen LogP contribution >= 0.6 is 0 Å². The maximum atomic E-state index is 12.1. The van der Waals surface area contributed by atoms with Gasteiger partial charge in [-0.1, -0.05) is 18.9 Å². The van der Waals surface area contributed by atoms with E-state index in [-0.39, 0.29) is 32.4 Å². The van der Waals surface area contributed by atoms with E-state index in [0.717, 1.165) is 12.1 Å². The molecule has 0 bridgehead atoms. The van der Waals surface area contributed by atoms with Gasteiger partial charge in [0.25, 0.3) is 0 Å². The first-order chi connectivity index (χ1) is 34.8. The number of hydrogen-bond acceptors (Lipinski definition) is 14. The fourth-order valence-electron chi connectivity index (χ4n) is 9.45. The zero-order valence-corrected chi connectivity index (χ0v) is 49.9. The summed E-state index contributed by atoms with van der Waals surface area (Å²) >= 11 is 0. The number of carboxylic acid groups (broad SMARTS) is 1. The molecule has 23 heteroatoms. The van der Waals surface area contributed by atoms with E-state index in [2.05, 4.69) is 62.3 Å². The Bertz CT molecular complexity index is 2630. The predicted molar refractivity (Wildman–Crippen MR) is 290 cm³/mol. The minimum absolute atomic E-state index is 0.00195. The number of fused-ring (bicyclic) bond motifs is 2. The third-order valence-corrected chi connectivity index (χ3v) is 17.5. The van der Waals surface area contributed by atoms with Crippen LogP contribution in [0.1, 0.15) is 139 Å². The average Bonchev–Trinajstić information content (AvgIpc) is 3.68. The molecule has 4 rings (SSSR count). The van der Waals surface area contributed by atoms with Crippen LogP contribution < -0.4 is 19.6 Å². The Hall–Kier alpha value is -3.62. The van der Waals surface area contributed by atoms with Crippen molar-refractivity contribution >= 4 is 63.5 Å². The van der Waals surface area contributed by atoms with E-state index in [4.69, 9.17) is 5.11 Å². The monoisotopic (exact) mass is 1140 g/mol. The van der Waals surface area contributed by atoms with Gasteiger partial charge in [0.05, 0.1) is 94.3 Å². The summed E-state index contributed by atoms with van der Waals surface area (Å²) in [6.07, 6.45) is 6.42. The summed E-state index contributed by atoms with van der Waals surface area (Å²) in [6, 6.07) is 7.63. The van der Waals surface area contributed by atoms with Crippen LogP contribution in [0, 0.1) is 0 Å². The molecule has 0 radical (unpaired) electrons. The molecule has 0 amide bonds. The first-order valence-electron chi connectivity index (χ1n) is 26.4. The van der Waals surface area contributed by atoms with Gasteiger partial charge in [-0.15, -0.1) is 0 Å². The molecule has 1 atom stereocenters. The van der Waals surface area contributed by atoms with Crippen molar-refractivity contribution in [2.75, 3.05) is 88.4 Å². The summed E-state index contributed by atoms with van der Waals surface area (Å²) < 4.78 is 143. The third-order valence-electron chi connectivity index (χ3n) is 14.3. The van der Waals surface area contributed by atoms with Crippen molar-refractivity contribution in [3.05, 3.63) is 71.5 Å². The summed E-state index contributed by atoms with van der Waals surface area (Å²) in [7, 11) is -18.9. The van der Waals surface area contributed by atoms with Crippen LogP contribution in [0.25, 0.3) is 0 Å². The smallest absolute Gasteiger partial charge is 0.303 e. The maximum Gasteiger partial charge on any atom is 0.303 e. The van der Waals surface area contributed by atoms with Gasteiger partial charge in [0, 0.05) is 65.4 Å². The number of hydrogen-bond donors (Lipinski definition) is 4. The number of carbonyl (C=O) groups is 1. The van der Waals surface area contributed by atoms with Crippen molar-refractivity contribution in [1.29, 1.82) is 0 Å². The molecule has 0 aliphatic carbocycles. The van der Waals surface area contributed by atoms with E-state index in [9.17, 15) is 56.7 Å². The number of benzene rings is 2. The van der Waals surface area contributed by atoms with Gasteiger partial charge in [-0.3, -0.25) is 4.79 Å². The topological polar surface area (TPSA) is 286 Å². The number of nitrogens with zero attached hydrogens (tertiary/aromatic N) is 2. The summed E-state index contributed by atoms with van der Waals surface area (Å²) in [6.45, 7) is 36.8. The first kappa shape index (κ1) is 69.4.